The van der Waals surface area contributed by atoms with Gasteiger partial charge in [0.1, 0.15) is 5.82 Å². The first-order valence-electron chi connectivity index (χ1n) is 11.5. The molecule has 1 saturated carbocycles. The highest BCUT2D eigenvalue weighted by atomic mass is 32.2. The molecule has 0 heterocycles. The van der Waals surface area contributed by atoms with Crippen molar-refractivity contribution in [3.63, 3.8) is 0 Å². The predicted molar refractivity (Wildman–Crippen MR) is 126 cm³/mol. The van der Waals surface area contributed by atoms with Crippen molar-refractivity contribution in [1.82, 2.24) is 9.62 Å². The fraction of sp³-hybridized carbons (Fsp3) is 0.520. The van der Waals surface area contributed by atoms with Crippen molar-refractivity contribution in [3.05, 3.63) is 71.0 Å². The number of hydrogen-bond donors (Lipinski definition) is 2. The number of hydrogen-bond acceptors (Lipinski definition) is 4. The summed E-state index contributed by atoms with van der Waals surface area (Å²) in [7, 11) is -3.36. The predicted octanol–water partition coefficient (Wildman–Crippen LogP) is 4.18. The van der Waals surface area contributed by atoms with E-state index in [9.17, 15) is 12.8 Å². The first kappa shape index (κ1) is 24.8. The first-order chi connectivity index (χ1) is 15.4. The van der Waals surface area contributed by atoms with Crippen LogP contribution in [0.3, 0.4) is 0 Å². The quantitative estimate of drug-likeness (QED) is 0.492. The molecule has 1 fully saturated rings. The number of nitrogens with zero attached hydrogens (tertiary/aromatic N) is 1. The van der Waals surface area contributed by atoms with Crippen molar-refractivity contribution in [1.29, 1.82) is 0 Å². The molecule has 0 aliphatic heterocycles. The Morgan fingerprint density at radius 3 is 2.19 bits per heavy atom. The molecule has 7 heteroatoms. The third kappa shape index (κ3) is 7.37. The molecule has 2 aromatic carbocycles. The van der Waals surface area contributed by atoms with Crippen LogP contribution in [0.25, 0.3) is 0 Å². The molecule has 176 valence electrons. The van der Waals surface area contributed by atoms with E-state index >= 15 is 0 Å². The van der Waals surface area contributed by atoms with Crippen molar-refractivity contribution >= 4 is 10.0 Å². The van der Waals surface area contributed by atoms with Gasteiger partial charge in [-0.25, -0.2) is 12.8 Å². The van der Waals surface area contributed by atoms with Crippen LogP contribution in [-0.2, 0) is 23.1 Å². The number of nitrogens with one attached hydrogen (secondary N) is 1. The number of sulfonamides is 1. The van der Waals surface area contributed by atoms with Gasteiger partial charge in [0.15, 0.2) is 0 Å². The molecule has 0 saturated heterocycles. The van der Waals surface area contributed by atoms with Crippen molar-refractivity contribution < 1.29 is 17.9 Å². The fourth-order valence-corrected chi connectivity index (χ4v) is 5.62. The van der Waals surface area contributed by atoms with Gasteiger partial charge in [-0.1, -0.05) is 36.4 Å². The Kier molecular flexibility index (Phi) is 9.22. The number of halogens is 1. The summed E-state index contributed by atoms with van der Waals surface area (Å²) in [5.41, 5.74) is 3.37. The Hall–Kier alpha value is -1.80. The highest BCUT2D eigenvalue weighted by Gasteiger charge is 2.31. The Balaban J connectivity index is 1.54. The van der Waals surface area contributed by atoms with Gasteiger partial charge in [0.25, 0.3) is 0 Å². The number of aliphatic hydroxyl groups is 1. The van der Waals surface area contributed by atoms with E-state index in [-0.39, 0.29) is 25.0 Å². The van der Waals surface area contributed by atoms with Gasteiger partial charge in [-0.05, 0) is 79.8 Å². The molecular formula is C25H35FN2O3S. The summed E-state index contributed by atoms with van der Waals surface area (Å²) >= 11 is 0. The Labute approximate surface area is 191 Å². The highest BCUT2D eigenvalue weighted by molar-refractivity contribution is 7.88. The average molecular weight is 463 g/mol. The maximum absolute atomic E-state index is 13.2. The van der Waals surface area contributed by atoms with Gasteiger partial charge in [-0.15, -0.1) is 0 Å². The zero-order valence-electron chi connectivity index (χ0n) is 18.8. The van der Waals surface area contributed by atoms with E-state index in [0.717, 1.165) is 57.2 Å². The molecule has 0 unspecified atom stereocenters. The third-order valence-electron chi connectivity index (χ3n) is 6.32. The second-order valence-electron chi connectivity index (χ2n) is 8.79. The van der Waals surface area contributed by atoms with Gasteiger partial charge in [0, 0.05) is 25.7 Å². The minimum Gasteiger partial charge on any atom is -0.396 e. The molecule has 2 aromatic rings. The summed E-state index contributed by atoms with van der Waals surface area (Å²) in [6, 6.07) is 14.8. The number of rotatable bonds is 11. The van der Waals surface area contributed by atoms with E-state index in [1.807, 2.05) is 0 Å². The van der Waals surface area contributed by atoms with E-state index in [1.165, 1.54) is 29.5 Å². The van der Waals surface area contributed by atoms with Crippen molar-refractivity contribution in [2.45, 2.75) is 63.6 Å². The standard InChI is InChI=1S/C25H35FN2O3S/c1-32(30,31)28(19-21-6-12-24(26)13-7-21)25-14-10-23(11-15-25)22-8-4-20(5-9-22)18-27-16-2-3-17-29/h4-9,12-13,23,25,27,29H,2-3,10-11,14-19H2,1H3. The number of unbranched alkanes of at least 4 members (excludes halogenated alkanes) is 1. The average Bonchev–Trinajstić information content (AvgIpc) is 2.78. The summed E-state index contributed by atoms with van der Waals surface area (Å²) in [6.45, 7) is 2.26. The van der Waals surface area contributed by atoms with Gasteiger partial charge in [-0.3, -0.25) is 0 Å². The van der Waals surface area contributed by atoms with Crippen LogP contribution >= 0.6 is 0 Å². The molecule has 5 nitrogen and oxygen atoms in total. The monoisotopic (exact) mass is 462 g/mol. The van der Waals surface area contributed by atoms with Crippen LogP contribution in [0.2, 0.25) is 0 Å². The number of benzene rings is 2. The summed E-state index contributed by atoms with van der Waals surface area (Å²) in [6.07, 6.45) is 6.63. The lowest BCUT2D eigenvalue weighted by molar-refractivity contribution is 0.235. The molecule has 0 spiro atoms. The van der Waals surface area contributed by atoms with Crippen molar-refractivity contribution in [2.75, 3.05) is 19.4 Å². The van der Waals surface area contributed by atoms with E-state index in [2.05, 4.69) is 29.6 Å². The van der Waals surface area contributed by atoms with Gasteiger partial charge >= 0.3 is 0 Å². The van der Waals surface area contributed by atoms with E-state index in [0.29, 0.717) is 5.92 Å². The molecule has 0 amide bonds. The van der Waals surface area contributed by atoms with Crippen LogP contribution < -0.4 is 5.32 Å². The van der Waals surface area contributed by atoms with Gasteiger partial charge in [0.05, 0.1) is 6.26 Å². The summed E-state index contributed by atoms with van der Waals surface area (Å²) in [4.78, 5) is 0. The minimum absolute atomic E-state index is 0.0197. The summed E-state index contributed by atoms with van der Waals surface area (Å²) in [5, 5.41) is 12.2. The molecule has 2 N–H and O–H groups in total. The highest BCUT2D eigenvalue weighted by Crippen LogP contribution is 2.36. The van der Waals surface area contributed by atoms with Crippen molar-refractivity contribution in [2.24, 2.45) is 0 Å². The second-order valence-corrected chi connectivity index (χ2v) is 10.7. The normalized spacial score (nSPS) is 19.4. The molecule has 0 bridgehead atoms. The molecule has 3 rings (SSSR count). The van der Waals surface area contributed by atoms with Crippen LogP contribution in [0.4, 0.5) is 4.39 Å². The first-order valence-corrected chi connectivity index (χ1v) is 13.3. The topological polar surface area (TPSA) is 69.6 Å². The van der Waals surface area contributed by atoms with Gasteiger partial charge in [-0.2, -0.15) is 4.31 Å². The Morgan fingerprint density at radius 1 is 0.969 bits per heavy atom. The summed E-state index contributed by atoms with van der Waals surface area (Å²) < 4.78 is 39.7. The maximum atomic E-state index is 13.2. The van der Waals surface area contributed by atoms with E-state index in [1.54, 1.807) is 16.4 Å². The smallest absolute Gasteiger partial charge is 0.211 e. The Bertz CT molecular complexity index is 925. The van der Waals surface area contributed by atoms with Crippen LogP contribution in [0.1, 0.15) is 61.1 Å². The summed E-state index contributed by atoms with van der Waals surface area (Å²) in [5.74, 6) is 0.133. The van der Waals surface area contributed by atoms with Crippen LogP contribution in [0.5, 0.6) is 0 Å². The molecule has 0 aromatic heterocycles. The largest absolute Gasteiger partial charge is 0.396 e. The lowest BCUT2D eigenvalue weighted by atomic mass is 9.81. The molecule has 1 aliphatic carbocycles. The van der Waals surface area contributed by atoms with Gasteiger partial charge in [0.2, 0.25) is 10.0 Å². The third-order valence-corrected chi connectivity index (χ3v) is 7.60. The molecule has 1 aliphatic rings. The van der Waals surface area contributed by atoms with Crippen molar-refractivity contribution in [3.8, 4) is 0 Å². The lowest BCUT2D eigenvalue weighted by Crippen LogP contribution is -2.41. The van der Waals surface area contributed by atoms with E-state index in [4.69, 9.17) is 5.11 Å². The van der Waals surface area contributed by atoms with Crippen LogP contribution in [-0.4, -0.2) is 43.3 Å². The molecular weight excluding hydrogens is 427 g/mol. The molecule has 0 radical (unpaired) electrons. The number of aliphatic hydroxyl groups excluding tert-OH is 1. The van der Waals surface area contributed by atoms with Crippen LogP contribution in [0, 0.1) is 5.82 Å². The van der Waals surface area contributed by atoms with E-state index < -0.39 is 10.0 Å². The minimum atomic E-state index is -3.36. The van der Waals surface area contributed by atoms with Crippen LogP contribution in [0.15, 0.2) is 48.5 Å². The maximum Gasteiger partial charge on any atom is 0.211 e. The second kappa shape index (κ2) is 11.9. The van der Waals surface area contributed by atoms with Gasteiger partial charge < -0.3 is 10.4 Å². The fourth-order valence-electron chi connectivity index (χ4n) is 4.49. The molecule has 32 heavy (non-hydrogen) atoms. The Morgan fingerprint density at radius 2 is 1.59 bits per heavy atom. The SMILES string of the molecule is CS(=O)(=O)N(Cc1ccc(F)cc1)C1CCC(c2ccc(CNCCCCO)cc2)CC1. The zero-order chi connectivity index (χ0) is 23.0. The lowest BCUT2D eigenvalue weighted by Gasteiger charge is -2.35. The molecule has 0 atom stereocenters. The zero-order valence-corrected chi connectivity index (χ0v) is 19.7.